The Hall–Kier alpha value is -0.220. The fourth-order valence-electron chi connectivity index (χ4n) is 3.42. The summed E-state index contributed by atoms with van der Waals surface area (Å²) < 4.78 is 5.94. The zero-order chi connectivity index (χ0) is 15.9. The second-order valence-corrected chi connectivity index (χ2v) is 8.54. The summed E-state index contributed by atoms with van der Waals surface area (Å²) in [5, 5.41) is 0.633. The van der Waals surface area contributed by atoms with E-state index in [2.05, 4.69) is 25.7 Å². The first-order chi connectivity index (χ1) is 10.6. The van der Waals surface area contributed by atoms with Crippen molar-refractivity contribution in [2.45, 2.75) is 83.1 Å². The van der Waals surface area contributed by atoms with E-state index in [1.54, 1.807) is 0 Å². The summed E-state index contributed by atoms with van der Waals surface area (Å²) in [5.74, 6) is 2.27. The molecule has 0 N–H and O–H groups in total. The number of hydrogen-bond acceptors (Lipinski definition) is 3. The molecule has 3 nitrogen and oxygen atoms in total. The van der Waals surface area contributed by atoms with Crippen LogP contribution < -0.4 is 0 Å². The van der Waals surface area contributed by atoms with Crippen molar-refractivity contribution in [1.82, 2.24) is 4.90 Å². The molecule has 128 valence electrons. The molecule has 0 bridgehead atoms. The lowest BCUT2D eigenvalue weighted by Gasteiger charge is -2.32. The number of rotatable bonds is 7. The van der Waals surface area contributed by atoms with Crippen LogP contribution in [0, 0.1) is 5.92 Å². The van der Waals surface area contributed by atoms with Crippen molar-refractivity contribution in [3.8, 4) is 0 Å². The molecule has 22 heavy (non-hydrogen) atoms. The Morgan fingerprint density at radius 3 is 2.59 bits per heavy atom. The van der Waals surface area contributed by atoms with Crippen molar-refractivity contribution >= 4 is 17.7 Å². The van der Waals surface area contributed by atoms with Gasteiger partial charge in [0.05, 0.1) is 6.10 Å². The van der Waals surface area contributed by atoms with E-state index in [1.807, 2.05) is 11.8 Å². The van der Waals surface area contributed by atoms with Crippen LogP contribution in [0.2, 0.25) is 0 Å². The van der Waals surface area contributed by atoms with E-state index in [-0.39, 0.29) is 12.5 Å². The molecular formula is C18H33NO2S. The molecule has 2 rings (SSSR count). The van der Waals surface area contributed by atoms with Gasteiger partial charge in [0.2, 0.25) is 5.91 Å². The molecule has 1 saturated heterocycles. The standard InChI is InChI=1S/C18H33NO2S/c1-4-15(3)19(12-17-6-5-11-22-17)18(20)13-21-16-9-7-14(2)8-10-16/h14-17H,4-13H2,1-3H3. The van der Waals surface area contributed by atoms with E-state index < -0.39 is 0 Å². The van der Waals surface area contributed by atoms with Crippen molar-refractivity contribution in [2.24, 2.45) is 5.92 Å². The first-order valence-electron chi connectivity index (χ1n) is 9.12. The summed E-state index contributed by atoms with van der Waals surface area (Å²) in [6.45, 7) is 7.82. The Kier molecular flexibility index (Phi) is 7.55. The minimum absolute atomic E-state index is 0.195. The van der Waals surface area contributed by atoms with Crippen LogP contribution >= 0.6 is 11.8 Å². The molecule has 0 aromatic heterocycles. The van der Waals surface area contributed by atoms with Crippen molar-refractivity contribution in [3.63, 3.8) is 0 Å². The zero-order valence-electron chi connectivity index (χ0n) is 14.6. The summed E-state index contributed by atoms with van der Waals surface area (Å²) >= 11 is 2.03. The van der Waals surface area contributed by atoms with Gasteiger partial charge in [0, 0.05) is 17.8 Å². The topological polar surface area (TPSA) is 29.5 Å². The summed E-state index contributed by atoms with van der Waals surface area (Å²) in [6, 6.07) is 0.323. The Labute approximate surface area is 140 Å². The molecule has 2 unspecified atom stereocenters. The third-order valence-corrected chi connectivity index (χ3v) is 6.65. The van der Waals surface area contributed by atoms with Crippen LogP contribution in [0.5, 0.6) is 0 Å². The van der Waals surface area contributed by atoms with Crippen molar-refractivity contribution in [2.75, 3.05) is 18.9 Å². The molecular weight excluding hydrogens is 294 g/mol. The minimum atomic E-state index is 0.195. The average molecular weight is 328 g/mol. The van der Waals surface area contributed by atoms with Gasteiger partial charge < -0.3 is 9.64 Å². The van der Waals surface area contributed by atoms with Gasteiger partial charge in [0.25, 0.3) is 0 Å². The number of nitrogens with zero attached hydrogens (tertiary/aromatic N) is 1. The predicted molar refractivity (Wildman–Crippen MR) is 94.3 cm³/mol. The lowest BCUT2D eigenvalue weighted by atomic mass is 9.89. The van der Waals surface area contributed by atoms with Crippen LogP contribution in [0.25, 0.3) is 0 Å². The molecule has 4 heteroatoms. The van der Waals surface area contributed by atoms with Gasteiger partial charge in [-0.1, -0.05) is 13.8 Å². The van der Waals surface area contributed by atoms with Crippen LogP contribution in [-0.4, -0.2) is 47.1 Å². The number of carbonyl (C=O) groups is 1. The SMILES string of the molecule is CCC(C)N(CC1CCCS1)C(=O)COC1CCC(C)CC1. The molecule has 0 aromatic carbocycles. The fraction of sp³-hybridized carbons (Fsp3) is 0.944. The Morgan fingerprint density at radius 2 is 2.00 bits per heavy atom. The summed E-state index contributed by atoms with van der Waals surface area (Å²) in [6.07, 6.45) is 8.61. The molecule has 2 aliphatic rings. The van der Waals surface area contributed by atoms with Crippen LogP contribution in [0.15, 0.2) is 0 Å². The molecule has 0 aromatic rings. The quantitative estimate of drug-likeness (QED) is 0.705. The van der Waals surface area contributed by atoms with Gasteiger partial charge in [0.1, 0.15) is 6.61 Å². The summed E-state index contributed by atoms with van der Waals surface area (Å²) in [5.41, 5.74) is 0. The average Bonchev–Trinajstić information content (AvgIpc) is 3.04. The van der Waals surface area contributed by atoms with E-state index in [9.17, 15) is 4.79 Å². The summed E-state index contributed by atoms with van der Waals surface area (Å²) in [7, 11) is 0. The number of thioether (sulfide) groups is 1. The first-order valence-corrected chi connectivity index (χ1v) is 10.2. The van der Waals surface area contributed by atoms with E-state index in [0.29, 0.717) is 17.4 Å². The third kappa shape index (κ3) is 5.45. The van der Waals surface area contributed by atoms with Gasteiger partial charge in [-0.05, 0) is 63.5 Å². The van der Waals surface area contributed by atoms with Crippen molar-refractivity contribution in [3.05, 3.63) is 0 Å². The highest BCUT2D eigenvalue weighted by molar-refractivity contribution is 8.00. The van der Waals surface area contributed by atoms with Gasteiger partial charge in [-0.2, -0.15) is 11.8 Å². The van der Waals surface area contributed by atoms with Gasteiger partial charge in [-0.15, -0.1) is 0 Å². The van der Waals surface area contributed by atoms with Gasteiger partial charge in [0.15, 0.2) is 0 Å². The summed E-state index contributed by atoms with van der Waals surface area (Å²) in [4.78, 5) is 14.7. The second kappa shape index (κ2) is 9.17. The normalized spacial score (nSPS) is 30.2. The van der Waals surface area contributed by atoms with E-state index in [1.165, 1.54) is 31.4 Å². The van der Waals surface area contributed by atoms with E-state index in [0.717, 1.165) is 31.7 Å². The molecule has 1 amide bonds. The van der Waals surface area contributed by atoms with Crippen LogP contribution in [0.1, 0.15) is 65.7 Å². The molecule has 2 atom stereocenters. The van der Waals surface area contributed by atoms with Gasteiger partial charge >= 0.3 is 0 Å². The smallest absolute Gasteiger partial charge is 0.248 e. The van der Waals surface area contributed by atoms with Crippen LogP contribution in [0.4, 0.5) is 0 Å². The monoisotopic (exact) mass is 327 g/mol. The second-order valence-electron chi connectivity index (χ2n) is 7.13. The maximum absolute atomic E-state index is 12.6. The largest absolute Gasteiger partial charge is 0.368 e. The number of amides is 1. The molecule has 1 heterocycles. The van der Waals surface area contributed by atoms with Gasteiger partial charge in [-0.25, -0.2) is 0 Å². The molecule has 1 saturated carbocycles. The first kappa shape index (κ1) is 18.1. The van der Waals surface area contributed by atoms with Crippen molar-refractivity contribution < 1.29 is 9.53 Å². The van der Waals surface area contributed by atoms with Crippen LogP contribution in [0.3, 0.4) is 0 Å². The highest BCUT2D eigenvalue weighted by Crippen LogP contribution is 2.28. The van der Waals surface area contributed by atoms with E-state index in [4.69, 9.17) is 4.74 Å². The molecule has 0 spiro atoms. The fourth-order valence-corrected chi connectivity index (χ4v) is 4.69. The molecule has 2 fully saturated rings. The van der Waals surface area contributed by atoms with Gasteiger partial charge in [-0.3, -0.25) is 4.79 Å². The van der Waals surface area contributed by atoms with Crippen molar-refractivity contribution in [1.29, 1.82) is 0 Å². The zero-order valence-corrected chi connectivity index (χ0v) is 15.4. The third-order valence-electron chi connectivity index (χ3n) is 5.27. The Morgan fingerprint density at radius 1 is 1.27 bits per heavy atom. The molecule has 0 radical (unpaired) electrons. The molecule has 1 aliphatic heterocycles. The highest BCUT2D eigenvalue weighted by Gasteiger charge is 2.26. The lowest BCUT2D eigenvalue weighted by Crippen LogP contribution is -2.44. The lowest BCUT2D eigenvalue weighted by molar-refractivity contribution is -0.141. The van der Waals surface area contributed by atoms with Crippen LogP contribution in [-0.2, 0) is 9.53 Å². The number of carbonyl (C=O) groups excluding carboxylic acids is 1. The number of ether oxygens (including phenoxy) is 1. The van der Waals surface area contributed by atoms with E-state index >= 15 is 0 Å². The maximum Gasteiger partial charge on any atom is 0.248 e. The molecule has 1 aliphatic carbocycles. The Balaban J connectivity index is 1.79. The maximum atomic E-state index is 12.6. The highest BCUT2D eigenvalue weighted by atomic mass is 32.2. The minimum Gasteiger partial charge on any atom is -0.368 e. The predicted octanol–water partition coefficient (Wildman–Crippen LogP) is 4.10. The number of hydrogen-bond donors (Lipinski definition) is 0. The Bertz CT molecular complexity index is 336.